The number of carbonyl (C=O) groups excluding carboxylic acids is 4. The Hall–Kier alpha value is -4.60. The molecule has 2 aromatic heterocycles. The third-order valence-electron chi connectivity index (χ3n) is 7.60. The van der Waals surface area contributed by atoms with E-state index in [1.165, 1.54) is 23.1 Å². The van der Waals surface area contributed by atoms with Crippen molar-refractivity contribution in [2.24, 2.45) is 0 Å². The van der Waals surface area contributed by atoms with E-state index in [0.29, 0.717) is 48.9 Å². The van der Waals surface area contributed by atoms with Gasteiger partial charge in [0, 0.05) is 24.2 Å². The summed E-state index contributed by atoms with van der Waals surface area (Å²) in [6.45, 7) is 5.85. The quantitative estimate of drug-likeness (QED) is 0.0335. The normalized spacial score (nSPS) is 11.8. The summed E-state index contributed by atoms with van der Waals surface area (Å²) in [5, 5.41) is 15.8. The number of carbonyl (C=O) groups is 4. The first-order chi connectivity index (χ1) is 24.7. The lowest BCUT2D eigenvalue weighted by Crippen LogP contribution is -2.21. The Labute approximate surface area is 307 Å². The van der Waals surface area contributed by atoms with Crippen LogP contribution < -0.4 is 16.1 Å². The van der Waals surface area contributed by atoms with Gasteiger partial charge >= 0.3 is 5.97 Å². The zero-order chi connectivity index (χ0) is 36.8. The van der Waals surface area contributed by atoms with Crippen LogP contribution in [0, 0.1) is 13.8 Å². The number of nitrogens with one attached hydrogen (secondary N) is 3. The van der Waals surface area contributed by atoms with E-state index in [0.717, 1.165) is 48.5 Å². The number of nitrogens with zero attached hydrogens (tertiary/aromatic N) is 4. The van der Waals surface area contributed by atoms with Crippen LogP contribution >= 0.6 is 23.1 Å². The molecule has 0 aliphatic rings. The largest absolute Gasteiger partial charge is 0.466 e. The number of hydrogen-bond donors (Lipinski definition) is 4. The summed E-state index contributed by atoms with van der Waals surface area (Å²) in [5.41, 5.74) is 3.14. The minimum atomic E-state index is -0.391. The Balaban J connectivity index is 0.000000276. The number of unbranched alkanes of at least 4 members (excludes halogenated alkanes) is 4. The van der Waals surface area contributed by atoms with Gasteiger partial charge < -0.3 is 15.4 Å². The Morgan fingerprint density at radius 1 is 0.686 bits per heavy atom. The van der Waals surface area contributed by atoms with Crippen LogP contribution in [0.25, 0.3) is 0 Å². The second kappa shape index (κ2) is 23.0. The monoisotopic (exact) mass is 737 g/mol. The van der Waals surface area contributed by atoms with Crippen molar-refractivity contribution in [2.75, 3.05) is 17.2 Å². The van der Waals surface area contributed by atoms with E-state index in [2.05, 4.69) is 29.3 Å². The number of benzene rings is 2. The van der Waals surface area contributed by atoms with Crippen LogP contribution in [-0.4, -0.2) is 54.2 Å². The smallest absolute Gasteiger partial charge is 0.305 e. The topological polar surface area (TPSA) is 185 Å². The average Bonchev–Trinajstić information content (AvgIpc) is 3.76. The first-order valence-electron chi connectivity index (χ1n) is 17.1. The van der Waals surface area contributed by atoms with Crippen LogP contribution in [-0.2, 0) is 23.9 Å². The molecule has 274 valence electrons. The van der Waals surface area contributed by atoms with Gasteiger partial charge in [0.05, 0.1) is 18.4 Å². The molecule has 51 heavy (non-hydrogen) atoms. The maximum absolute atomic E-state index is 12.7. The third kappa shape index (κ3) is 15.4. The SMILES string of the molecule is CCOC(=O)CCCCCC(C(=O)Nc1ccccc1)c1nc(C)ns1.Cc1nsc(C(CCCCCC(=O)NO)C(=O)Nc2ccccc2)n1. The molecule has 4 rings (SSSR count). The zero-order valence-corrected chi connectivity index (χ0v) is 30.9. The summed E-state index contributed by atoms with van der Waals surface area (Å²) >= 11 is 2.53. The molecule has 15 heteroatoms. The van der Waals surface area contributed by atoms with Crippen LogP contribution in [0.15, 0.2) is 60.7 Å². The maximum Gasteiger partial charge on any atom is 0.305 e. The van der Waals surface area contributed by atoms with E-state index in [-0.39, 0.29) is 36.0 Å². The van der Waals surface area contributed by atoms with Crippen molar-refractivity contribution in [1.82, 2.24) is 24.2 Å². The van der Waals surface area contributed by atoms with Crippen LogP contribution in [0.3, 0.4) is 0 Å². The first-order valence-corrected chi connectivity index (χ1v) is 18.7. The summed E-state index contributed by atoms with van der Waals surface area (Å²) in [4.78, 5) is 56.5. The molecule has 3 amide bonds. The number of aromatic nitrogens is 4. The predicted octanol–water partition coefficient (Wildman–Crippen LogP) is 7.11. The van der Waals surface area contributed by atoms with E-state index in [4.69, 9.17) is 9.94 Å². The second-order valence-electron chi connectivity index (χ2n) is 11.7. The van der Waals surface area contributed by atoms with E-state index in [1.807, 2.05) is 67.6 Å². The number of hydrogen-bond acceptors (Lipinski definition) is 12. The molecular weight excluding hydrogens is 691 g/mol. The van der Waals surface area contributed by atoms with E-state index in [1.54, 1.807) is 19.3 Å². The van der Waals surface area contributed by atoms with E-state index >= 15 is 0 Å². The highest BCUT2D eigenvalue weighted by Gasteiger charge is 2.25. The lowest BCUT2D eigenvalue weighted by molar-refractivity contribution is -0.143. The van der Waals surface area contributed by atoms with Gasteiger partial charge in [0.1, 0.15) is 21.7 Å². The summed E-state index contributed by atoms with van der Waals surface area (Å²) in [7, 11) is 0. The summed E-state index contributed by atoms with van der Waals surface area (Å²) in [6.07, 6.45) is 6.71. The number of esters is 1. The number of hydroxylamine groups is 1. The summed E-state index contributed by atoms with van der Waals surface area (Å²) in [5.74, 6) is -0.0686. The first kappa shape index (κ1) is 40.8. The molecule has 0 saturated heterocycles. The highest BCUT2D eigenvalue weighted by molar-refractivity contribution is 7.05. The fraction of sp³-hybridized carbons (Fsp3) is 0.444. The standard InChI is InChI=1S/C19H25N3O3S.C17H22N4O3S/c1-3-25-17(23)13-9-5-8-12-16(19-20-14(2)22-26-19)18(24)21-15-10-6-4-7-11-15;1-12-18-17(25-21-12)14(10-6-3-7-11-15(22)20-24)16(23)19-13-8-4-2-5-9-13/h4,6-7,10-11,16H,3,5,8-9,12-13H2,1-2H3,(H,21,24);2,4-5,8-9,14,24H,3,6-7,10-11H2,1H3,(H,19,23)(H,20,22). The zero-order valence-electron chi connectivity index (χ0n) is 29.3. The van der Waals surface area contributed by atoms with Crippen LogP contribution in [0.2, 0.25) is 0 Å². The fourth-order valence-corrected chi connectivity index (χ4v) is 6.62. The van der Waals surface area contributed by atoms with Gasteiger partial charge in [-0.15, -0.1) is 0 Å². The van der Waals surface area contributed by atoms with Crippen molar-refractivity contribution >= 4 is 58.1 Å². The molecule has 0 aliphatic heterocycles. The Bertz CT molecular complexity index is 1630. The molecule has 2 heterocycles. The second-order valence-corrected chi connectivity index (χ2v) is 13.3. The fourth-order valence-electron chi connectivity index (χ4n) is 5.04. The number of ether oxygens (including phenoxy) is 1. The van der Waals surface area contributed by atoms with Gasteiger partial charge in [-0.25, -0.2) is 15.4 Å². The van der Waals surface area contributed by atoms with Crippen molar-refractivity contribution in [3.63, 3.8) is 0 Å². The Morgan fingerprint density at radius 2 is 1.14 bits per heavy atom. The van der Waals surface area contributed by atoms with Crippen molar-refractivity contribution in [3.8, 4) is 0 Å². The van der Waals surface area contributed by atoms with Crippen LogP contribution in [0.4, 0.5) is 11.4 Å². The molecule has 0 bridgehead atoms. The van der Waals surface area contributed by atoms with Gasteiger partial charge in [0.15, 0.2) is 0 Å². The van der Waals surface area contributed by atoms with E-state index < -0.39 is 5.91 Å². The summed E-state index contributed by atoms with van der Waals surface area (Å²) < 4.78 is 13.3. The van der Waals surface area contributed by atoms with Crippen molar-refractivity contribution < 1.29 is 29.1 Å². The number of rotatable bonds is 19. The van der Waals surface area contributed by atoms with Crippen LogP contribution in [0.5, 0.6) is 0 Å². The third-order valence-corrected chi connectivity index (χ3v) is 9.44. The molecule has 0 radical (unpaired) electrons. The lowest BCUT2D eigenvalue weighted by Gasteiger charge is -2.14. The maximum atomic E-state index is 12.7. The molecule has 0 spiro atoms. The minimum Gasteiger partial charge on any atom is -0.466 e. The molecule has 0 aliphatic carbocycles. The van der Waals surface area contributed by atoms with Gasteiger partial charge in [-0.3, -0.25) is 24.4 Å². The highest BCUT2D eigenvalue weighted by Crippen LogP contribution is 2.27. The molecule has 13 nitrogen and oxygen atoms in total. The molecule has 4 N–H and O–H groups in total. The predicted molar refractivity (Wildman–Crippen MR) is 198 cm³/mol. The Morgan fingerprint density at radius 3 is 1.53 bits per heavy atom. The van der Waals surface area contributed by atoms with E-state index in [9.17, 15) is 19.2 Å². The lowest BCUT2D eigenvalue weighted by atomic mass is 10.00. The van der Waals surface area contributed by atoms with Gasteiger partial charge in [-0.2, -0.15) is 8.75 Å². The Kier molecular flexibility index (Phi) is 18.4. The van der Waals surface area contributed by atoms with Gasteiger partial charge in [0.2, 0.25) is 17.7 Å². The number of anilines is 2. The summed E-state index contributed by atoms with van der Waals surface area (Å²) in [6, 6.07) is 18.7. The molecule has 0 fully saturated rings. The molecule has 2 aromatic carbocycles. The number of para-hydroxylation sites is 2. The number of aryl methyl sites for hydroxylation is 2. The molecule has 2 unspecified atom stereocenters. The molecule has 2 atom stereocenters. The molecule has 4 aromatic rings. The number of amides is 3. The highest BCUT2D eigenvalue weighted by atomic mass is 32.1. The van der Waals surface area contributed by atoms with Crippen molar-refractivity contribution in [2.45, 2.75) is 96.8 Å². The minimum absolute atomic E-state index is 0.0715. The van der Waals surface area contributed by atoms with Gasteiger partial charge in [-0.05, 0) is 93.8 Å². The van der Waals surface area contributed by atoms with Crippen molar-refractivity contribution in [1.29, 1.82) is 0 Å². The van der Waals surface area contributed by atoms with Gasteiger partial charge in [0.25, 0.3) is 0 Å². The average molecular weight is 738 g/mol. The van der Waals surface area contributed by atoms with Crippen LogP contribution in [0.1, 0.15) is 105 Å². The van der Waals surface area contributed by atoms with Gasteiger partial charge in [-0.1, -0.05) is 62.1 Å². The van der Waals surface area contributed by atoms with Crippen molar-refractivity contribution in [3.05, 3.63) is 82.3 Å². The molecule has 0 saturated carbocycles. The molecular formula is C36H47N7O6S2.